The van der Waals surface area contributed by atoms with Crippen LogP contribution in [0.1, 0.15) is 16.9 Å². The Kier molecular flexibility index (Phi) is 2.97. The van der Waals surface area contributed by atoms with Gasteiger partial charge in [-0.3, -0.25) is 0 Å². The van der Waals surface area contributed by atoms with Gasteiger partial charge in [-0.05, 0) is 59.0 Å². The molecular formula is C15H11BrFN3S. The summed E-state index contributed by atoms with van der Waals surface area (Å²) in [6, 6.07) is 4.48. The molecule has 21 heavy (non-hydrogen) atoms. The lowest BCUT2D eigenvalue weighted by molar-refractivity contribution is 0.627. The number of thiophene rings is 1. The summed E-state index contributed by atoms with van der Waals surface area (Å²) in [5.74, 6) is 0.757. The summed E-state index contributed by atoms with van der Waals surface area (Å²) in [7, 11) is 0. The lowest BCUT2D eigenvalue weighted by atomic mass is 10.1. The van der Waals surface area contributed by atoms with Gasteiger partial charge >= 0.3 is 0 Å². The van der Waals surface area contributed by atoms with Crippen LogP contribution in [0.4, 0.5) is 10.2 Å². The first kappa shape index (κ1) is 13.2. The minimum Gasteiger partial charge on any atom is -0.383 e. The fraction of sp³-hybridized carbons (Fsp3) is 0.200. The van der Waals surface area contributed by atoms with Crippen LogP contribution in [-0.2, 0) is 12.8 Å². The van der Waals surface area contributed by atoms with E-state index in [1.807, 2.05) is 0 Å². The van der Waals surface area contributed by atoms with Crippen molar-refractivity contribution in [1.29, 1.82) is 0 Å². The Morgan fingerprint density at radius 1 is 1.24 bits per heavy atom. The Bertz CT molecular complexity index is 875. The summed E-state index contributed by atoms with van der Waals surface area (Å²) in [4.78, 5) is 11.4. The van der Waals surface area contributed by atoms with E-state index in [0.717, 1.165) is 28.6 Å². The first-order valence-electron chi connectivity index (χ1n) is 6.66. The predicted octanol–water partition coefficient (Wildman–Crippen LogP) is 4.33. The molecule has 0 radical (unpaired) electrons. The van der Waals surface area contributed by atoms with Crippen LogP contribution in [0.25, 0.3) is 21.6 Å². The van der Waals surface area contributed by atoms with Gasteiger partial charge in [-0.15, -0.1) is 11.3 Å². The smallest absolute Gasteiger partial charge is 0.164 e. The molecule has 0 spiro atoms. The Balaban J connectivity index is 1.95. The second-order valence-electron chi connectivity index (χ2n) is 5.09. The fourth-order valence-electron chi connectivity index (χ4n) is 2.82. The molecule has 1 aromatic carbocycles. The second kappa shape index (κ2) is 4.74. The van der Waals surface area contributed by atoms with E-state index < -0.39 is 0 Å². The summed E-state index contributed by atoms with van der Waals surface area (Å²) >= 11 is 5.06. The highest BCUT2D eigenvalue weighted by molar-refractivity contribution is 9.10. The number of nitrogens with two attached hydrogens (primary N) is 1. The number of anilines is 1. The van der Waals surface area contributed by atoms with E-state index in [9.17, 15) is 4.39 Å². The van der Waals surface area contributed by atoms with E-state index in [4.69, 9.17) is 5.73 Å². The van der Waals surface area contributed by atoms with Crippen molar-refractivity contribution in [2.24, 2.45) is 0 Å². The third-order valence-electron chi connectivity index (χ3n) is 3.76. The zero-order valence-electron chi connectivity index (χ0n) is 11.0. The zero-order chi connectivity index (χ0) is 14.6. The van der Waals surface area contributed by atoms with Gasteiger partial charge in [0, 0.05) is 14.9 Å². The molecule has 2 heterocycles. The van der Waals surface area contributed by atoms with Crippen LogP contribution in [0, 0.1) is 5.82 Å². The number of hydrogen-bond acceptors (Lipinski definition) is 4. The van der Waals surface area contributed by atoms with Gasteiger partial charge in [0.25, 0.3) is 0 Å². The quantitative estimate of drug-likeness (QED) is 0.699. The van der Waals surface area contributed by atoms with Crippen LogP contribution >= 0.6 is 27.3 Å². The molecular weight excluding hydrogens is 353 g/mol. The van der Waals surface area contributed by atoms with Gasteiger partial charge in [-0.25, -0.2) is 14.4 Å². The molecule has 3 nitrogen and oxygen atoms in total. The number of aryl methyl sites for hydroxylation is 2. The van der Waals surface area contributed by atoms with Gasteiger partial charge in [0.2, 0.25) is 0 Å². The van der Waals surface area contributed by atoms with Gasteiger partial charge in [0.1, 0.15) is 16.5 Å². The Morgan fingerprint density at radius 3 is 2.90 bits per heavy atom. The summed E-state index contributed by atoms with van der Waals surface area (Å²) < 4.78 is 13.8. The molecule has 2 N–H and O–H groups in total. The van der Waals surface area contributed by atoms with Crippen LogP contribution < -0.4 is 5.73 Å². The van der Waals surface area contributed by atoms with Crippen molar-refractivity contribution in [3.8, 4) is 11.4 Å². The number of rotatable bonds is 1. The molecule has 0 aliphatic heterocycles. The van der Waals surface area contributed by atoms with E-state index in [-0.39, 0.29) is 5.82 Å². The number of benzene rings is 1. The van der Waals surface area contributed by atoms with Crippen molar-refractivity contribution in [2.45, 2.75) is 19.3 Å². The summed E-state index contributed by atoms with van der Waals surface area (Å²) in [6.07, 6.45) is 3.34. The van der Waals surface area contributed by atoms with Crippen LogP contribution in [0.3, 0.4) is 0 Å². The average molecular weight is 364 g/mol. The standard InChI is InChI=1S/C15H11BrFN3S/c16-10-6-7(17)4-5-8(10)14-19-13(18)12-9-2-1-3-11(9)21-15(12)20-14/h4-6H,1-3H2,(H2,18,19,20). The maximum atomic E-state index is 13.2. The number of nitrogen functional groups attached to an aromatic ring is 1. The maximum absolute atomic E-state index is 13.2. The van der Waals surface area contributed by atoms with Crippen molar-refractivity contribution in [3.63, 3.8) is 0 Å². The first-order valence-corrected chi connectivity index (χ1v) is 8.27. The Morgan fingerprint density at radius 2 is 2.10 bits per heavy atom. The van der Waals surface area contributed by atoms with Crippen molar-refractivity contribution in [2.75, 3.05) is 5.73 Å². The van der Waals surface area contributed by atoms with E-state index in [0.29, 0.717) is 16.1 Å². The molecule has 0 bridgehead atoms. The van der Waals surface area contributed by atoms with E-state index >= 15 is 0 Å². The molecule has 0 fully saturated rings. The SMILES string of the molecule is Nc1nc(-c2ccc(F)cc2Br)nc2sc3c(c12)CCC3. The lowest BCUT2D eigenvalue weighted by Gasteiger charge is -2.06. The molecule has 3 aromatic rings. The van der Waals surface area contributed by atoms with Gasteiger partial charge in [0.15, 0.2) is 5.82 Å². The van der Waals surface area contributed by atoms with Crippen LogP contribution in [0.15, 0.2) is 22.7 Å². The number of aromatic nitrogens is 2. The number of nitrogens with zero attached hydrogens (tertiary/aromatic N) is 2. The van der Waals surface area contributed by atoms with Crippen LogP contribution in [-0.4, -0.2) is 9.97 Å². The minimum atomic E-state index is -0.297. The molecule has 106 valence electrons. The Hall–Kier alpha value is -1.53. The fourth-order valence-corrected chi connectivity index (χ4v) is 4.61. The van der Waals surface area contributed by atoms with Crippen molar-refractivity contribution in [1.82, 2.24) is 9.97 Å². The molecule has 0 saturated heterocycles. The van der Waals surface area contributed by atoms with Crippen molar-refractivity contribution < 1.29 is 4.39 Å². The molecule has 0 saturated carbocycles. The summed E-state index contributed by atoms with van der Waals surface area (Å²) in [5, 5.41) is 1.01. The first-order chi connectivity index (χ1) is 10.1. The zero-order valence-corrected chi connectivity index (χ0v) is 13.4. The lowest BCUT2D eigenvalue weighted by Crippen LogP contribution is -1.98. The molecule has 0 atom stereocenters. The van der Waals surface area contributed by atoms with Gasteiger partial charge < -0.3 is 5.73 Å². The van der Waals surface area contributed by atoms with Crippen molar-refractivity contribution >= 4 is 43.3 Å². The van der Waals surface area contributed by atoms with Crippen molar-refractivity contribution in [3.05, 3.63) is 38.9 Å². The molecule has 4 rings (SSSR count). The Labute approximate surface area is 133 Å². The average Bonchev–Trinajstić information content (AvgIpc) is 2.98. The second-order valence-corrected chi connectivity index (χ2v) is 7.03. The monoisotopic (exact) mass is 363 g/mol. The predicted molar refractivity (Wildman–Crippen MR) is 86.9 cm³/mol. The normalized spacial score (nSPS) is 13.8. The number of hydrogen-bond donors (Lipinski definition) is 1. The molecule has 6 heteroatoms. The maximum Gasteiger partial charge on any atom is 0.164 e. The van der Waals surface area contributed by atoms with Gasteiger partial charge in [-0.2, -0.15) is 0 Å². The highest BCUT2D eigenvalue weighted by atomic mass is 79.9. The van der Waals surface area contributed by atoms with E-state index in [2.05, 4.69) is 25.9 Å². The molecule has 2 aromatic heterocycles. The van der Waals surface area contributed by atoms with E-state index in [1.54, 1.807) is 17.4 Å². The third-order valence-corrected chi connectivity index (χ3v) is 5.61. The molecule has 0 unspecified atom stereocenters. The van der Waals surface area contributed by atoms with E-state index in [1.165, 1.54) is 29.0 Å². The molecule has 1 aliphatic carbocycles. The summed E-state index contributed by atoms with van der Waals surface area (Å²) in [6.45, 7) is 0. The third kappa shape index (κ3) is 2.05. The van der Waals surface area contributed by atoms with Gasteiger partial charge in [0.05, 0.1) is 5.39 Å². The minimum absolute atomic E-state index is 0.297. The largest absolute Gasteiger partial charge is 0.383 e. The number of halogens is 2. The molecule has 0 amide bonds. The highest BCUT2D eigenvalue weighted by Gasteiger charge is 2.22. The van der Waals surface area contributed by atoms with Crippen LogP contribution in [0.2, 0.25) is 0 Å². The summed E-state index contributed by atoms with van der Waals surface area (Å²) in [5.41, 5.74) is 8.22. The number of fused-ring (bicyclic) bond motifs is 3. The van der Waals surface area contributed by atoms with Gasteiger partial charge in [-0.1, -0.05) is 0 Å². The highest BCUT2D eigenvalue weighted by Crippen LogP contribution is 2.40. The van der Waals surface area contributed by atoms with Crippen LogP contribution in [0.5, 0.6) is 0 Å². The topological polar surface area (TPSA) is 51.8 Å². The molecule has 1 aliphatic rings.